The van der Waals surface area contributed by atoms with E-state index in [1.807, 2.05) is 30.2 Å². The molecular weight excluding hydrogens is 334 g/mol. The monoisotopic (exact) mass is 355 g/mol. The summed E-state index contributed by atoms with van der Waals surface area (Å²) in [5, 5.41) is 21.5. The fourth-order valence-electron chi connectivity index (χ4n) is 3.50. The van der Waals surface area contributed by atoms with Crippen LogP contribution in [0, 0.1) is 5.92 Å². The number of carbonyl (C=O) groups excluding carboxylic acids is 1. The third-order valence-electron chi connectivity index (χ3n) is 4.77. The molecule has 3 aromatic heterocycles. The van der Waals surface area contributed by atoms with E-state index >= 15 is 0 Å². The predicted molar refractivity (Wildman–Crippen MR) is 93.1 cm³/mol. The summed E-state index contributed by atoms with van der Waals surface area (Å²) in [6.07, 6.45) is 7.93. The van der Waals surface area contributed by atoms with Gasteiger partial charge in [0.2, 0.25) is 0 Å². The minimum atomic E-state index is -0.563. The van der Waals surface area contributed by atoms with Crippen LogP contribution < -0.4 is 5.32 Å². The number of rotatable bonds is 5. The number of hydrogen-bond donors (Lipinski definition) is 2. The van der Waals surface area contributed by atoms with Crippen LogP contribution in [-0.2, 0) is 13.6 Å². The molecule has 1 saturated carbocycles. The number of aryl methyl sites for hydroxylation is 1. The van der Waals surface area contributed by atoms with E-state index in [2.05, 4.69) is 15.5 Å². The van der Waals surface area contributed by atoms with Crippen molar-refractivity contribution in [2.75, 3.05) is 0 Å². The van der Waals surface area contributed by atoms with Crippen LogP contribution in [0.4, 0.5) is 0 Å². The van der Waals surface area contributed by atoms with Gasteiger partial charge in [0.05, 0.1) is 23.9 Å². The maximum Gasteiger partial charge on any atom is 0.287 e. The summed E-state index contributed by atoms with van der Waals surface area (Å²) in [6, 6.07) is 4.98. The van der Waals surface area contributed by atoms with Gasteiger partial charge in [-0.25, -0.2) is 0 Å². The van der Waals surface area contributed by atoms with Crippen LogP contribution in [0.2, 0.25) is 0 Å². The van der Waals surface area contributed by atoms with Gasteiger partial charge in [-0.1, -0.05) is 0 Å². The summed E-state index contributed by atoms with van der Waals surface area (Å²) in [4.78, 5) is 12.5. The molecule has 26 heavy (non-hydrogen) atoms. The predicted octanol–water partition coefficient (Wildman–Crippen LogP) is 1.45. The Morgan fingerprint density at radius 3 is 3.00 bits per heavy atom. The molecule has 0 radical (unpaired) electrons. The van der Waals surface area contributed by atoms with Gasteiger partial charge < -0.3 is 14.8 Å². The Kier molecular flexibility index (Phi) is 4.34. The summed E-state index contributed by atoms with van der Waals surface area (Å²) in [7, 11) is 1.82. The minimum Gasteiger partial charge on any atom is -0.451 e. The second-order valence-electron chi connectivity index (χ2n) is 6.78. The second-order valence-corrected chi connectivity index (χ2v) is 6.78. The molecule has 8 nitrogen and oxygen atoms in total. The van der Waals surface area contributed by atoms with E-state index in [-0.39, 0.29) is 23.6 Å². The van der Waals surface area contributed by atoms with Crippen LogP contribution >= 0.6 is 0 Å². The lowest BCUT2D eigenvalue weighted by molar-refractivity contribution is 0.0847. The molecule has 0 aromatic carbocycles. The number of furan rings is 1. The van der Waals surface area contributed by atoms with Crippen molar-refractivity contribution in [3.63, 3.8) is 0 Å². The number of hydrogen-bond acceptors (Lipinski definition) is 5. The highest BCUT2D eigenvalue weighted by molar-refractivity contribution is 5.92. The lowest BCUT2D eigenvalue weighted by Gasteiger charge is -2.15. The van der Waals surface area contributed by atoms with E-state index < -0.39 is 6.10 Å². The molecule has 1 amide bonds. The Hall–Kier alpha value is -2.87. The Bertz CT molecular complexity index is 882. The average Bonchev–Trinajstić information content (AvgIpc) is 3.37. The summed E-state index contributed by atoms with van der Waals surface area (Å²) < 4.78 is 9.17. The van der Waals surface area contributed by atoms with Gasteiger partial charge in [0.1, 0.15) is 5.76 Å². The molecule has 1 unspecified atom stereocenters. The zero-order valence-electron chi connectivity index (χ0n) is 14.4. The number of nitrogens with zero attached hydrogens (tertiary/aromatic N) is 4. The summed E-state index contributed by atoms with van der Waals surface area (Å²) in [5.74, 6) is 0.778. The van der Waals surface area contributed by atoms with Gasteiger partial charge in [-0.15, -0.1) is 0 Å². The van der Waals surface area contributed by atoms with Crippen LogP contribution in [0.25, 0.3) is 11.3 Å². The highest BCUT2D eigenvalue weighted by Crippen LogP contribution is 2.28. The fourth-order valence-corrected chi connectivity index (χ4v) is 3.50. The van der Waals surface area contributed by atoms with E-state index in [0.717, 1.165) is 12.1 Å². The van der Waals surface area contributed by atoms with E-state index in [4.69, 9.17) is 4.42 Å². The SMILES string of the molecule is Cn1cc(-c2ccc(C(=O)N[C@@H]3CC(Cn4cccn4)C[C@H]3O)o2)cn1. The first-order valence-electron chi connectivity index (χ1n) is 8.63. The molecule has 3 aromatic rings. The third-order valence-corrected chi connectivity index (χ3v) is 4.77. The van der Waals surface area contributed by atoms with Crippen molar-refractivity contribution in [2.24, 2.45) is 13.0 Å². The first kappa shape index (κ1) is 16.6. The number of amides is 1. The topological polar surface area (TPSA) is 98.1 Å². The molecule has 8 heteroatoms. The van der Waals surface area contributed by atoms with Crippen molar-refractivity contribution in [2.45, 2.75) is 31.5 Å². The Morgan fingerprint density at radius 1 is 1.38 bits per heavy atom. The molecule has 3 heterocycles. The standard InChI is InChI=1S/C18H21N5O3/c1-22-11-13(9-20-22)16-3-4-17(26-16)18(25)21-14-7-12(8-15(14)24)10-23-6-2-5-19-23/h2-6,9,11-12,14-15,24H,7-8,10H2,1H3,(H,21,25)/t12?,14-,15-/m1/s1. The fraction of sp³-hybridized carbons (Fsp3) is 0.389. The van der Waals surface area contributed by atoms with E-state index in [0.29, 0.717) is 18.6 Å². The lowest BCUT2D eigenvalue weighted by Crippen LogP contribution is -2.39. The number of nitrogens with one attached hydrogen (secondary N) is 1. The van der Waals surface area contributed by atoms with Crippen LogP contribution in [0.1, 0.15) is 23.4 Å². The van der Waals surface area contributed by atoms with Crippen molar-refractivity contribution in [1.29, 1.82) is 0 Å². The number of aromatic nitrogens is 4. The first-order valence-corrected chi connectivity index (χ1v) is 8.63. The molecular formula is C18H21N5O3. The van der Waals surface area contributed by atoms with Gasteiger partial charge in [0.25, 0.3) is 5.91 Å². The molecule has 1 aliphatic rings. The average molecular weight is 355 g/mol. The largest absolute Gasteiger partial charge is 0.451 e. The van der Waals surface area contributed by atoms with Crippen LogP contribution in [0.3, 0.4) is 0 Å². The molecule has 136 valence electrons. The van der Waals surface area contributed by atoms with E-state index in [1.165, 1.54) is 0 Å². The molecule has 0 saturated heterocycles. The third kappa shape index (κ3) is 3.41. The van der Waals surface area contributed by atoms with Crippen LogP contribution in [0.5, 0.6) is 0 Å². The normalized spacial score (nSPS) is 22.6. The van der Waals surface area contributed by atoms with Crippen molar-refractivity contribution < 1.29 is 14.3 Å². The molecule has 0 bridgehead atoms. The summed E-state index contributed by atoms with van der Waals surface area (Å²) in [6.45, 7) is 0.738. The van der Waals surface area contributed by atoms with Crippen molar-refractivity contribution in [1.82, 2.24) is 24.9 Å². The maximum absolute atomic E-state index is 12.5. The quantitative estimate of drug-likeness (QED) is 0.722. The summed E-state index contributed by atoms with van der Waals surface area (Å²) >= 11 is 0. The van der Waals surface area contributed by atoms with Crippen molar-refractivity contribution in [3.8, 4) is 11.3 Å². The molecule has 4 rings (SSSR count). The van der Waals surface area contributed by atoms with Gasteiger partial charge in [0, 0.05) is 32.2 Å². The zero-order valence-corrected chi connectivity index (χ0v) is 14.4. The number of aliphatic hydroxyl groups is 1. The summed E-state index contributed by atoms with van der Waals surface area (Å²) in [5.41, 5.74) is 0.812. The maximum atomic E-state index is 12.5. The van der Waals surface area contributed by atoms with Gasteiger partial charge in [-0.2, -0.15) is 10.2 Å². The van der Waals surface area contributed by atoms with Crippen molar-refractivity contribution in [3.05, 3.63) is 48.7 Å². The van der Waals surface area contributed by atoms with E-state index in [1.54, 1.807) is 29.2 Å². The zero-order chi connectivity index (χ0) is 18.1. The molecule has 1 fully saturated rings. The molecule has 2 N–H and O–H groups in total. The smallest absolute Gasteiger partial charge is 0.287 e. The number of aliphatic hydroxyl groups excluding tert-OH is 1. The van der Waals surface area contributed by atoms with Crippen LogP contribution in [0.15, 0.2) is 47.4 Å². The minimum absolute atomic E-state index is 0.228. The van der Waals surface area contributed by atoms with Crippen molar-refractivity contribution >= 4 is 5.91 Å². The van der Waals surface area contributed by atoms with Crippen LogP contribution in [-0.4, -0.2) is 42.7 Å². The molecule has 1 aliphatic carbocycles. The highest BCUT2D eigenvalue weighted by atomic mass is 16.4. The molecule has 3 atom stereocenters. The Labute approximate surface area is 150 Å². The van der Waals surface area contributed by atoms with Gasteiger partial charge in [0.15, 0.2) is 5.76 Å². The van der Waals surface area contributed by atoms with Gasteiger partial charge in [-0.3, -0.25) is 14.2 Å². The lowest BCUT2D eigenvalue weighted by atomic mass is 10.1. The van der Waals surface area contributed by atoms with E-state index in [9.17, 15) is 9.90 Å². The second kappa shape index (κ2) is 6.80. The van der Waals surface area contributed by atoms with Gasteiger partial charge >= 0.3 is 0 Å². The molecule has 0 spiro atoms. The molecule has 0 aliphatic heterocycles. The first-order chi connectivity index (χ1) is 12.6. The number of carbonyl (C=O) groups is 1. The Balaban J connectivity index is 1.38. The van der Waals surface area contributed by atoms with Gasteiger partial charge in [-0.05, 0) is 37.0 Å². The Morgan fingerprint density at radius 2 is 2.27 bits per heavy atom. The highest BCUT2D eigenvalue weighted by Gasteiger charge is 2.34.